The SMILES string of the molecule is CCNC(=NCc1nc(C)c(C)o1)NCCc1ccc(OC)c(OC(F)F)c1. The lowest BCUT2D eigenvalue weighted by molar-refractivity contribution is -0.0512. The normalized spacial score (nSPS) is 11.6. The van der Waals surface area contributed by atoms with E-state index in [0.29, 0.717) is 37.9 Å². The molecule has 0 aliphatic rings. The van der Waals surface area contributed by atoms with Crippen LogP contribution >= 0.6 is 0 Å². The quantitative estimate of drug-likeness (QED) is 0.501. The highest BCUT2D eigenvalue weighted by molar-refractivity contribution is 5.79. The monoisotopic (exact) mass is 396 g/mol. The summed E-state index contributed by atoms with van der Waals surface area (Å²) < 4.78 is 40.1. The number of oxazole rings is 1. The lowest BCUT2D eigenvalue weighted by atomic mass is 10.1. The van der Waals surface area contributed by atoms with E-state index in [4.69, 9.17) is 9.15 Å². The molecule has 2 N–H and O–H groups in total. The van der Waals surface area contributed by atoms with E-state index in [0.717, 1.165) is 17.0 Å². The molecule has 154 valence electrons. The average Bonchev–Trinajstić information content (AvgIpc) is 2.97. The predicted molar refractivity (Wildman–Crippen MR) is 102 cm³/mol. The van der Waals surface area contributed by atoms with Gasteiger partial charge in [-0.05, 0) is 44.9 Å². The molecule has 0 aliphatic heterocycles. The van der Waals surface area contributed by atoms with Crippen LogP contribution in [0, 0.1) is 13.8 Å². The van der Waals surface area contributed by atoms with Gasteiger partial charge in [-0.2, -0.15) is 8.78 Å². The first-order chi connectivity index (χ1) is 13.4. The molecule has 0 spiro atoms. The highest BCUT2D eigenvalue weighted by atomic mass is 19.3. The molecule has 1 aromatic heterocycles. The van der Waals surface area contributed by atoms with E-state index in [1.54, 1.807) is 18.2 Å². The van der Waals surface area contributed by atoms with Gasteiger partial charge in [0.2, 0.25) is 5.89 Å². The van der Waals surface area contributed by atoms with Crippen molar-refractivity contribution < 1.29 is 22.7 Å². The van der Waals surface area contributed by atoms with Crippen LogP contribution in [0.1, 0.15) is 29.8 Å². The number of aromatic nitrogens is 1. The van der Waals surface area contributed by atoms with Gasteiger partial charge in [-0.15, -0.1) is 0 Å². The van der Waals surface area contributed by atoms with E-state index < -0.39 is 6.61 Å². The van der Waals surface area contributed by atoms with Gasteiger partial charge >= 0.3 is 6.61 Å². The van der Waals surface area contributed by atoms with Crippen molar-refractivity contribution in [3.8, 4) is 11.5 Å². The summed E-state index contributed by atoms with van der Waals surface area (Å²) in [6, 6.07) is 4.97. The van der Waals surface area contributed by atoms with Gasteiger partial charge in [-0.1, -0.05) is 6.07 Å². The minimum absolute atomic E-state index is 0.0187. The van der Waals surface area contributed by atoms with E-state index >= 15 is 0 Å². The molecular formula is C19H26F2N4O3. The van der Waals surface area contributed by atoms with Crippen LogP contribution < -0.4 is 20.1 Å². The molecule has 7 nitrogen and oxygen atoms in total. The van der Waals surface area contributed by atoms with Gasteiger partial charge in [-0.3, -0.25) is 0 Å². The molecular weight excluding hydrogens is 370 g/mol. The molecule has 1 aromatic carbocycles. The van der Waals surface area contributed by atoms with Crippen LogP contribution in [0.4, 0.5) is 8.78 Å². The number of nitrogens with one attached hydrogen (secondary N) is 2. The second-order valence-electron chi connectivity index (χ2n) is 5.98. The summed E-state index contributed by atoms with van der Waals surface area (Å²) in [6.07, 6.45) is 0.589. The zero-order valence-electron chi connectivity index (χ0n) is 16.5. The third-order valence-corrected chi connectivity index (χ3v) is 3.94. The number of hydrogen-bond acceptors (Lipinski definition) is 5. The van der Waals surface area contributed by atoms with Crippen molar-refractivity contribution in [2.75, 3.05) is 20.2 Å². The average molecular weight is 396 g/mol. The number of guanidine groups is 1. The first kappa shape index (κ1) is 21.5. The van der Waals surface area contributed by atoms with Crippen molar-refractivity contribution in [3.05, 3.63) is 41.1 Å². The lowest BCUT2D eigenvalue weighted by Gasteiger charge is -2.13. The first-order valence-electron chi connectivity index (χ1n) is 8.99. The smallest absolute Gasteiger partial charge is 0.387 e. The Balaban J connectivity index is 1.95. The van der Waals surface area contributed by atoms with Crippen molar-refractivity contribution in [3.63, 3.8) is 0 Å². The Hall–Kier alpha value is -2.84. The standard InChI is InChI=1S/C19H26F2N4O3/c1-5-22-19(24-11-17-25-12(2)13(3)27-17)23-9-8-14-6-7-15(26-4)16(10-14)28-18(20)21/h6-7,10,18H,5,8-9,11H2,1-4H3,(H2,22,23,24). The maximum Gasteiger partial charge on any atom is 0.387 e. The maximum absolute atomic E-state index is 12.5. The number of hydrogen-bond donors (Lipinski definition) is 2. The van der Waals surface area contributed by atoms with Gasteiger partial charge in [0.05, 0.1) is 12.8 Å². The highest BCUT2D eigenvalue weighted by Crippen LogP contribution is 2.29. The molecule has 0 radical (unpaired) electrons. The number of halogens is 2. The lowest BCUT2D eigenvalue weighted by Crippen LogP contribution is -2.38. The van der Waals surface area contributed by atoms with E-state index in [-0.39, 0.29) is 11.5 Å². The first-order valence-corrected chi connectivity index (χ1v) is 8.99. The van der Waals surface area contributed by atoms with E-state index in [1.807, 2.05) is 20.8 Å². The summed E-state index contributed by atoms with van der Waals surface area (Å²) in [6.45, 7) is 4.38. The van der Waals surface area contributed by atoms with Crippen LogP contribution in [0.15, 0.2) is 27.6 Å². The Kier molecular flexibility index (Phi) is 8.03. The van der Waals surface area contributed by atoms with Crippen LogP contribution in [-0.2, 0) is 13.0 Å². The summed E-state index contributed by atoms with van der Waals surface area (Å²) >= 11 is 0. The molecule has 0 bridgehead atoms. The fourth-order valence-corrected chi connectivity index (χ4v) is 2.49. The van der Waals surface area contributed by atoms with Gasteiger partial charge in [0.15, 0.2) is 17.5 Å². The van der Waals surface area contributed by atoms with Crippen LogP contribution in [-0.4, -0.2) is 37.8 Å². The third-order valence-electron chi connectivity index (χ3n) is 3.94. The molecule has 1 heterocycles. The molecule has 2 aromatic rings. The van der Waals surface area contributed by atoms with Gasteiger partial charge in [0.1, 0.15) is 12.3 Å². The highest BCUT2D eigenvalue weighted by Gasteiger charge is 2.11. The van der Waals surface area contributed by atoms with Crippen LogP contribution in [0.25, 0.3) is 0 Å². The van der Waals surface area contributed by atoms with Crippen molar-refractivity contribution >= 4 is 5.96 Å². The van der Waals surface area contributed by atoms with Gasteiger partial charge < -0.3 is 24.5 Å². The number of aliphatic imine (C=N–C) groups is 1. The Morgan fingerprint density at radius 3 is 2.64 bits per heavy atom. The largest absolute Gasteiger partial charge is 0.493 e. The number of alkyl halides is 2. The fourth-order valence-electron chi connectivity index (χ4n) is 2.49. The zero-order chi connectivity index (χ0) is 20.5. The fraction of sp³-hybridized carbons (Fsp3) is 0.474. The minimum atomic E-state index is -2.91. The summed E-state index contributed by atoms with van der Waals surface area (Å²) in [5.41, 5.74) is 1.68. The van der Waals surface area contributed by atoms with Crippen molar-refractivity contribution in [2.45, 2.75) is 40.3 Å². The van der Waals surface area contributed by atoms with E-state index in [1.165, 1.54) is 7.11 Å². The molecule has 0 amide bonds. The molecule has 0 saturated carbocycles. The van der Waals surface area contributed by atoms with E-state index in [2.05, 4.69) is 25.3 Å². The Morgan fingerprint density at radius 1 is 1.25 bits per heavy atom. The van der Waals surface area contributed by atoms with Crippen molar-refractivity contribution in [1.29, 1.82) is 0 Å². The molecule has 0 fully saturated rings. The maximum atomic E-state index is 12.5. The molecule has 0 aliphatic carbocycles. The number of rotatable bonds is 9. The van der Waals surface area contributed by atoms with Gasteiger partial charge in [0, 0.05) is 13.1 Å². The molecule has 9 heteroatoms. The van der Waals surface area contributed by atoms with Crippen molar-refractivity contribution in [1.82, 2.24) is 15.6 Å². The Morgan fingerprint density at radius 2 is 2.04 bits per heavy atom. The van der Waals surface area contributed by atoms with Crippen LogP contribution in [0.2, 0.25) is 0 Å². The third kappa shape index (κ3) is 6.40. The second kappa shape index (κ2) is 10.5. The summed E-state index contributed by atoms with van der Waals surface area (Å²) in [5, 5.41) is 6.34. The van der Waals surface area contributed by atoms with Crippen LogP contribution in [0.5, 0.6) is 11.5 Å². The number of nitrogens with zero attached hydrogens (tertiary/aromatic N) is 2. The molecule has 2 rings (SSSR count). The van der Waals surface area contributed by atoms with Crippen LogP contribution in [0.3, 0.4) is 0 Å². The number of methoxy groups -OCH3 is 1. The summed E-state index contributed by atoms with van der Waals surface area (Å²) in [5.74, 6) is 2.24. The zero-order valence-corrected chi connectivity index (χ0v) is 16.5. The summed E-state index contributed by atoms with van der Waals surface area (Å²) in [4.78, 5) is 8.75. The van der Waals surface area contributed by atoms with E-state index in [9.17, 15) is 8.78 Å². The second-order valence-corrected chi connectivity index (χ2v) is 5.98. The number of aryl methyl sites for hydroxylation is 2. The molecule has 0 atom stereocenters. The molecule has 0 unspecified atom stereocenters. The molecule has 0 saturated heterocycles. The van der Waals surface area contributed by atoms with Crippen molar-refractivity contribution in [2.24, 2.45) is 4.99 Å². The minimum Gasteiger partial charge on any atom is -0.493 e. The summed E-state index contributed by atoms with van der Waals surface area (Å²) in [7, 11) is 1.41. The topological polar surface area (TPSA) is 80.9 Å². The predicted octanol–water partition coefficient (Wildman–Crippen LogP) is 3.20. The number of benzene rings is 1. The van der Waals surface area contributed by atoms with Gasteiger partial charge in [-0.25, -0.2) is 9.98 Å². The number of ether oxygens (including phenoxy) is 2. The Bertz CT molecular complexity index is 774. The van der Waals surface area contributed by atoms with Gasteiger partial charge in [0.25, 0.3) is 0 Å². The molecule has 28 heavy (non-hydrogen) atoms. The Labute approximate surface area is 163 Å².